The van der Waals surface area contributed by atoms with E-state index in [-0.39, 0.29) is 5.75 Å². The average Bonchev–Trinajstić information content (AvgIpc) is 2.22. The van der Waals surface area contributed by atoms with Crippen molar-refractivity contribution in [2.24, 2.45) is 4.99 Å². The minimum absolute atomic E-state index is 0.132. The smallest absolute Gasteiger partial charge is 0.387 e. The van der Waals surface area contributed by atoms with Gasteiger partial charge < -0.3 is 4.74 Å². The third kappa shape index (κ3) is 3.27. The molecule has 0 saturated carbocycles. The van der Waals surface area contributed by atoms with Crippen LogP contribution in [0.25, 0.3) is 0 Å². The maximum atomic E-state index is 12.2. The molecule has 16 heavy (non-hydrogen) atoms. The first-order valence-electron chi connectivity index (χ1n) is 4.80. The zero-order valence-corrected chi connectivity index (χ0v) is 10.6. The number of hydrogen-bond acceptors (Lipinski definition) is 2. The number of hydrogen-bond donors (Lipinski definition) is 0. The second-order valence-electron chi connectivity index (χ2n) is 3.11. The fourth-order valence-electron chi connectivity index (χ4n) is 1.22. The summed E-state index contributed by atoms with van der Waals surface area (Å²) in [5.74, 6) is 0.132. The lowest BCUT2D eigenvalue weighted by Crippen LogP contribution is -2.06. The molecule has 2 nitrogen and oxygen atoms in total. The van der Waals surface area contributed by atoms with E-state index in [1.807, 2.05) is 19.9 Å². The summed E-state index contributed by atoms with van der Waals surface area (Å²) in [6.45, 7) is 1.45. The molecule has 0 unspecified atom stereocenters. The lowest BCUT2D eigenvalue weighted by Gasteiger charge is -2.12. The molecule has 0 aliphatic rings. The summed E-state index contributed by atoms with van der Waals surface area (Å²) in [4.78, 5) is 4.04. The van der Waals surface area contributed by atoms with Crippen LogP contribution in [0.1, 0.15) is 18.1 Å². The van der Waals surface area contributed by atoms with Crippen LogP contribution in [0.2, 0.25) is 0 Å². The number of ether oxygens (including phenoxy) is 1. The highest BCUT2D eigenvalue weighted by Gasteiger charge is 2.14. The molecule has 0 aromatic heterocycles. The summed E-state index contributed by atoms with van der Waals surface area (Å²) in [6, 6.07) is 3.50. The SMILES string of the molecule is CCN=Cc1c(C)ccc(Br)c1OC(F)F. The zero-order valence-electron chi connectivity index (χ0n) is 9.01. The van der Waals surface area contributed by atoms with Gasteiger partial charge in [-0.25, -0.2) is 0 Å². The van der Waals surface area contributed by atoms with Crippen molar-refractivity contribution in [3.05, 3.63) is 27.7 Å². The Hall–Kier alpha value is -0.970. The first-order valence-corrected chi connectivity index (χ1v) is 5.59. The molecule has 0 aliphatic carbocycles. The van der Waals surface area contributed by atoms with Crippen molar-refractivity contribution in [2.75, 3.05) is 6.54 Å². The number of aryl methyl sites for hydroxylation is 1. The molecule has 0 atom stereocenters. The number of halogens is 3. The molecule has 0 bridgehead atoms. The summed E-state index contributed by atoms with van der Waals surface area (Å²) >= 11 is 3.18. The summed E-state index contributed by atoms with van der Waals surface area (Å²) in [5, 5.41) is 0. The van der Waals surface area contributed by atoms with Gasteiger partial charge in [0.1, 0.15) is 5.75 Å². The average molecular weight is 292 g/mol. The minimum Gasteiger partial charge on any atom is -0.433 e. The monoisotopic (exact) mass is 291 g/mol. The highest BCUT2D eigenvalue weighted by molar-refractivity contribution is 9.10. The highest BCUT2D eigenvalue weighted by atomic mass is 79.9. The predicted octanol–water partition coefficient (Wildman–Crippen LogP) is 3.80. The Labute approximate surface area is 101 Å². The van der Waals surface area contributed by atoms with Crippen LogP contribution in [-0.2, 0) is 0 Å². The lowest BCUT2D eigenvalue weighted by atomic mass is 10.1. The van der Waals surface area contributed by atoms with Crippen molar-refractivity contribution in [1.82, 2.24) is 0 Å². The molecule has 1 aromatic carbocycles. The lowest BCUT2D eigenvalue weighted by molar-refractivity contribution is -0.0504. The first-order chi connectivity index (χ1) is 7.56. The number of alkyl halides is 2. The summed E-state index contributed by atoms with van der Waals surface area (Å²) in [6.07, 6.45) is 1.55. The third-order valence-electron chi connectivity index (χ3n) is 1.98. The number of aliphatic imine (C=N–C) groups is 1. The molecule has 0 fully saturated rings. The van der Waals surface area contributed by atoms with Crippen LogP contribution >= 0.6 is 15.9 Å². The number of nitrogens with zero attached hydrogens (tertiary/aromatic N) is 1. The molecule has 0 aliphatic heterocycles. The molecule has 0 N–H and O–H groups in total. The van der Waals surface area contributed by atoms with Crippen molar-refractivity contribution in [3.8, 4) is 5.75 Å². The van der Waals surface area contributed by atoms with Gasteiger partial charge in [-0.2, -0.15) is 8.78 Å². The van der Waals surface area contributed by atoms with Crippen molar-refractivity contribution in [2.45, 2.75) is 20.5 Å². The maximum Gasteiger partial charge on any atom is 0.387 e. The summed E-state index contributed by atoms with van der Waals surface area (Å²) in [7, 11) is 0. The van der Waals surface area contributed by atoms with Gasteiger partial charge in [0.25, 0.3) is 0 Å². The van der Waals surface area contributed by atoms with E-state index in [0.717, 1.165) is 5.56 Å². The molecule has 0 spiro atoms. The van der Waals surface area contributed by atoms with Crippen molar-refractivity contribution in [3.63, 3.8) is 0 Å². The van der Waals surface area contributed by atoms with E-state index in [1.165, 1.54) is 0 Å². The first kappa shape index (κ1) is 13.1. The summed E-state index contributed by atoms with van der Waals surface area (Å²) in [5.41, 5.74) is 1.42. The van der Waals surface area contributed by atoms with Gasteiger partial charge in [0, 0.05) is 18.3 Å². The standard InChI is InChI=1S/C11H12BrF2NO/c1-3-15-6-8-7(2)4-5-9(12)10(8)16-11(13)14/h4-6,11H,3H2,1-2H3. The van der Waals surface area contributed by atoms with E-state index in [2.05, 4.69) is 25.7 Å². The fraction of sp³-hybridized carbons (Fsp3) is 0.364. The van der Waals surface area contributed by atoms with Crippen LogP contribution in [-0.4, -0.2) is 19.4 Å². The van der Waals surface area contributed by atoms with E-state index in [1.54, 1.807) is 12.3 Å². The van der Waals surface area contributed by atoms with E-state index in [0.29, 0.717) is 16.6 Å². The van der Waals surface area contributed by atoms with E-state index in [4.69, 9.17) is 0 Å². The molecular weight excluding hydrogens is 280 g/mol. The Morgan fingerprint density at radius 2 is 2.19 bits per heavy atom. The second kappa shape index (κ2) is 5.94. The van der Waals surface area contributed by atoms with Gasteiger partial charge in [-0.1, -0.05) is 6.07 Å². The van der Waals surface area contributed by atoms with Crippen molar-refractivity contribution < 1.29 is 13.5 Å². The minimum atomic E-state index is -2.84. The molecule has 5 heteroatoms. The van der Waals surface area contributed by atoms with Crippen LogP contribution in [0.4, 0.5) is 8.78 Å². The van der Waals surface area contributed by atoms with Crippen LogP contribution in [0.3, 0.4) is 0 Å². The predicted molar refractivity (Wildman–Crippen MR) is 63.6 cm³/mol. The van der Waals surface area contributed by atoms with Gasteiger partial charge in [-0.05, 0) is 41.4 Å². The molecular formula is C11H12BrF2NO. The fourth-order valence-corrected chi connectivity index (χ4v) is 1.66. The highest BCUT2D eigenvalue weighted by Crippen LogP contribution is 2.31. The Morgan fingerprint density at radius 3 is 2.75 bits per heavy atom. The molecule has 1 rings (SSSR count). The van der Waals surface area contributed by atoms with Crippen LogP contribution in [0.15, 0.2) is 21.6 Å². The molecule has 0 amide bonds. The Kier molecular flexibility index (Phi) is 4.86. The van der Waals surface area contributed by atoms with Gasteiger partial charge in [0.2, 0.25) is 0 Å². The van der Waals surface area contributed by atoms with Gasteiger partial charge in [0.15, 0.2) is 0 Å². The van der Waals surface area contributed by atoms with Crippen LogP contribution in [0, 0.1) is 6.92 Å². The number of rotatable bonds is 4. The third-order valence-corrected chi connectivity index (χ3v) is 2.60. The number of benzene rings is 1. The Balaban J connectivity index is 3.19. The van der Waals surface area contributed by atoms with E-state index in [9.17, 15) is 8.78 Å². The van der Waals surface area contributed by atoms with Crippen molar-refractivity contribution >= 4 is 22.1 Å². The van der Waals surface area contributed by atoms with Crippen LogP contribution in [0.5, 0.6) is 5.75 Å². The van der Waals surface area contributed by atoms with Crippen molar-refractivity contribution in [1.29, 1.82) is 0 Å². The molecule has 1 aromatic rings. The zero-order chi connectivity index (χ0) is 12.1. The van der Waals surface area contributed by atoms with Gasteiger partial charge in [-0.15, -0.1) is 0 Å². The summed E-state index contributed by atoms with van der Waals surface area (Å²) < 4.78 is 29.5. The largest absolute Gasteiger partial charge is 0.433 e. The van der Waals surface area contributed by atoms with Crippen LogP contribution < -0.4 is 4.74 Å². The molecule has 88 valence electrons. The van der Waals surface area contributed by atoms with Gasteiger partial charge in [-0.3, -0.25) is 4.99 Å². The van der Waals surface area contributed by atoms with Gasteiger partial charge in [0.05, 0.1) is 4.47 Å². The second-order valence-corrected chi connectivity index (χ2v) is 3.97. The Bertz CT molecular complexity index is 394. The normalized spacial score (nSPS) is 11.4. The molecule has 0 heterocycles. The topological polar surface area (TPSA) is 21.6 Å². The maximum absolute atomic E-state index is 12.2. The quantitative estimate of drug-likeness (QED) is 0.773. The van der Waals surface area contributed by atoms with Gasteiger partial charge >= 0.3 is 6.61 Å². The molecule has 0 radical (unpaired) electrons. The Morgan fingerprint density at radius 1 is 1.50 bits per heavy atom. The van der Waals surface area contributed by atoms with E-state index < -0.39 is 6.61 Å². The molecule has 0 saturated heterocycles. The van der Waals surface area contributed by atoms with E-state index >= 15 is 0 Å².